The maximum Gasteiger partial charge on any atom is 0.244 e. The van der Waals surface area contributed by atoms with Gasteiger partial charge in [-0.2, -0.15) is 0 Å². The van der Waals surface area contributed by atoms with Crippen LogP contribution < -0.4 is 11.1 Å². The average molecular weight is 358 g/mol. The van der Waals surface area contributed by atoms with Crippen LogP contribution in [0.4, 0.5) is 5.69 Å². The van der Waals surface area contributed by atoms with Gasteiger partial charge in [-0.05, 0) is 37.4 Å². The Balaban J connectivity index is 1.96. The van der Waals surface area contributed by atoms with Gasteiger partial charge in [-0.25, -0.2) is 0 Å². The van der Waals surface area contributed by atoms with Gasteiger partial charge >= 0.3 is 0 Å². The van der Waals surface area contributed by atoms with Crippen molar-refractivity contribution in [2.75, 3.05) is 25.5 Å². The number of hydrogen-bond donors (Lipinski definition) is 2. The van der Waals surface area contributed by atoms with Crippen molar-refractivity contribution >= 4 is 40.7 Å². The van der Waals surface area contributed by atoms with Crippen molar-refractivity contribution in [3.8, 4) is 0 Å². The fraction of sp³-hybridized carbons (Fsp3) is 0.500. The third-order valence-corrected chi connectivity index (χ3v) is 4.89. The van der Waals surface area contributed by atoms with E-state index in [0.717, 1.165) is 19.3 Å². The Morgan fingerprint density at radius 1 is 1.30 bits per heavy atom. The van der Waals surface area contributed by atoms with Crippen molar-refractivity contribution in [3.63, 3.8) is 0 Å². The van der Waals surface area contributed by atoms with E-state index in [9.17, 15) is 9.59 Å². The predicted molar refractivity (Wildman–Crippen MR) is 92.6 cm³/mol. The van der Waals surface area contributed by atoms with Crippen LogP contribution in [0.5, 0.6) is 0 Å². The first kappa shape index (κ1) is 18.0. The van der Waals surface area contributed by atoms with Gasteiger partial charge in [0, 0.05) is 13.0 Å². The van der Waals surface area contributed by atoms with Crippen LogP contribution in [0.2, 0.25) is 10.0 Å². The number of benzene rings is 1. The van der Waals surface area contributed by atoms with Gasteiger partial charge in [0.2, 0.25) is 11.8 Å². The van der Waals surface area contributed by atoms with Crippen LogP contribution in [0.25, 0.3) is 0 Å². The molecule has 7 heteroatoms. The van der Waals surface area contributed by atoms with E-state index < -0.39 is 0 Å². The number of carbonyl (C=O) groups excluding carboxylic acids is 2. The highest BCUT2D eigenvalue weighted by Crippen LogP contribution is 2.32. The first-order valence-corrected chi connectivity index (χ1v) is 8.38. The van der Waals surface area contributed by atoms with E-state index in [4.69, 9.17) is 28.9 Å². The number of nitrogens with zero attached hydrogens (tertiary/aromatic N) is 1. The lowest BCUT2D eigenvalue weighted by Crippen LogP contribution is -2.40. The summed E-state index contributed by atoms with van der Waals surface area (Å²) in [7, 11) is 1.63. The molecule has 2 amide bonds. The van der Waals surface area contributed by atoms with E-state index in [1.54, 1.807) is 25.2 Å². The van der Waals surface area contributed by atoms with Crippen LogP contribution in [0.1, 0.15) is 19.3 Å². The Morgan fingerprint density at radius 2 is 1.96 bits per heavy atom. The lowest BCUT2D eigenvalue weighted by Gasteiger charge is -2.24. The minimum atomic E-state index is -0.335. The lowest BCUT2D eigenvalue weighted by atomic mass is 9.95. The van der Waals surface area contributed by atoms with Crippen molar-refractivity contribution in [2.45, 2.75) is 19.3 Å². The zero-order chi connectivity index (χ0) is 17.0. The number of likely N-dealkylation sites (N-methyl/N-ethyl adjacent to an activating group) is 1. The quantitative estimate of drug-likeness (QED) is 0.850. The largest absolute Gasteiger partial charge is 0.336 e. The number of rotatable bonds is 5. The third kappa shape index (κ3) is 4.37. The Morgan fingerprint density at radius 3 is 2.57 bits per heavy atom. The molecule has 0 saturated heterocycles. The van der Waals surface area contributed by atoms with E-state index in [1.165, 1.54) is 4.90 Å². The number of hydrogen-bond acceptors (Lipinski definition) is 3. The molecule has 23 heavy (non-hydrogen) atoms. The molecule has 5 nitrogen and oxygen atoms in total. The number of amides is 2. The fourth-order valence-electron chi connectivity index (χ4n) is 3.02. The monoisotopic (exact) mass is 357 g/mol. The van der Waals surface area contributed by atoms with Crippen molar-refractivity contribution in [3.05, 3.63) is 28.2 Å². The zero-order valence-electron chi connectivity index (χ0n) is 13.0. The molecule has 1 fully saturated rings. The first-order valence-electron chi connectivity index (χ1n) is 7.63. The SMILES string of the molecule is CN(CC(=O)Nc1c(Cl)cccc1Cl)C(=O)[C@@H]1CCC[C@@H]1CN. The Labute approximate surface area is 146 Å². The normalized spacial score (nSPS) is 20.3. The summed E-state index contributed by atoms with van der Waals surface area (Å²) in [5, 5.41) is 3.38. The van der Waals surface area contributed by atoms with E-state index >= 15 is 0 Å². The zero-order valence-corrected chi connectivity index (χ0v) is 14.5. The van der Waals surface area contributed by atoms with Crippen molar-refractivity contribution in [2.24, 2.45) is 17.6 Å². The number of nitrogens with one attached hydrogen (secondary N) is 1. The van der Waals surface area contributed by atoms with Gasteiger partial charge < -0.3 is 16.0 Å². The van der Waals surface area contributed by atoms with Gasteiger partial charge in [-0.15, -0.1) is 0 Å². The summed E-state index contributed by atoms with van der Waals surface area (Å²) in [6, 6.07) is 4.98. The molecule has 0 radical (unpaired) electrons. The van der Waals surface area contributed by atoms with Crippen molar-refractivity contribution in [1.82, 2.24) is 4.90 Å². The molecule has 2 rings (SSSR count). The smallest absolute Gasteiger partial charge is 0.244 e. The molecule has 3 N–H and O–H groups in total. The van der Waals surface area contributed by atoms with Gasteiger partial charge in [0.25, 0.3) is 0 Å². The molecular formula is C16H21Cl2N3O2. The molecule has 0 unspecified atom stereocenters. The molecule has 126 valence electrons. The number of nitrogens with two attached hydrogens (primary N) is 1. The second-order valence-electron chi connectivity index (χ2n) is 5.87. The number of halogens is 2. The van der Waals surface area contributed by atoms with Gasteiger partial charge in [-0.3, -0.25) is 9.59 Å². The standard InChI is InChI=1S/C16H21Cl2N3O2/c1-21(16(23)11-5-2-4-10(11)8-19)9-14(22)20-15-12(17)6-3-7-13(15)18/h3,6-7,10-11H,2,4-5,8-9,19H2,1H3,(H,20,22)/t10-,11-/m1/s1. The minimum Gasteiger partial charge on any atom is -0.336 e. The fourth-order valence-corrected chi connectivity index (χ4v) is 3.51. The molecule has 0 aliphatic heterocycles. The van der Waals surface area contributed by atoms with Crippen LogP contribution in [-0.2, 0) is 9.59 Å². The van der Waals surface area contributed by atoms with E-state index in [1.807, 2.05) is 0 Å². The highest BCUT2D eigenvalue weighted by atomic mass is 35.5. The summed E-state index contributed by atoms with van der Waals surface area (Å²) in [4.78, 5) is 26.1. The van der Waals surface area contributed by atoms with E-state index in [-0.39, 0.29) is 30.2 Å². The second kappa shape index (κ2) is 7.99. The molecule has 1 aromatic carbocycles. The first-order chi connectivity index (χ1) is 10.9. The number of anilines is 1. The van der Waals surface area contributed by atoms with Crippen LogP contribution in [0.15, 0.2) is 18.2 Å². The van der Waals surface area contributed by atoms with Gasteiger partial charge in [0.1, 0.15) is 0 Å². The summed E-state index contributed by atoms with van der Waals surface area (Å²) in [5.41, 5.74) is 6.08. The molecule has 1 aliphatic carbocycles. The minimum absolute atomic E-state index is 0.0293. The highest BCUT2D eigenvalue weighted by Gasteiger charge is 2.34. The Hall–Kier alpha value is -1.30. The van der Waals surface area contributed by atoms with Gasteiger partial charge in [-0.1, -0.05) is 35.7 Å². The summed E-state index contributed by atoms with van der Waals surface area (Å²) < 4.78 is 0. The average Bonchev–Trinajstić information content (AvgIpc) is 2.98. The maximum absolute atomic E-state index is 12.5. The number of carbonyl (C=O) groups is 2. The van der Waals surface area contributed by atoms with Crippen LogP contribution in [-0.4, -0.2) is 36.9 Å². The predicted octanol–water partition coefficient (Wildman–Crippen LogP) is 2.77. The number of para-hydroxylation sites is 1. The van der Waals surface area contributed by atoms with Crippen LogP contribution in [0.3, 0.4) is 0 Å². The van der Waals surface area contributed by atoms with E-state index in [0.29, 0.717) is 22.3 Å². The van der Waals surface area contributed by atoms with Crippen molar-refractivity contribution in [1.29, 1.82) is 0 Å². The Bertz CT molecular complexity index is 574. The van der Waals surface area contributed by atoms with Gasteiger partial charge in [0.15, 0.2) is 0 Å². The lowest BCUT2D eigenvalue weighted by molar-refractivity contribution is -0.137. The van der Waals surface area contributed by atoms with Crippen LogP contribution >= 0.6 is 23.2 Å². The highest BCUT2D eigenvalue weighted by molar-refractivity contribution is 6.39. The molecule has 0 aromatic heterocycles. The summed E-state index contributed by atoms with van der Waals surface area (Å²) in [6.07, 6.45) is 2.82. The molecule has 2 atom stereocenters. The third-order valence-electron chi connectivity index (χ3n) is 4.26. The summed E-state index contributed by atoms with van der Waals surface area (Å²) in [5.74, 6) is -0.232. The Kier molecular flexibility index (Phi) is 6.27. The molecule has 1 aromatic rings. The maximum atomic E-state index is 12.5. The van der Waals surface area contributed by atoms with Gasteiger partial charge in [0.05, 0.1) is 22.3 Å². The summed E-state index contributed by atoms with van der Waals surface area (Å²) in [6.45, 7) is 0.458. The summed E-state index contributed by atoms with van der Waals surface area (Å²) >= 11 is 12.0. The molecule has 1 saturated carbocycles. The molecule has 0 spiro atoms. The topological polar surface area (TPSA) is 75.4 Å². The molecular weight excluding hydrogens is 337 g/mol. The van der Waals surface area contributed by atoms with E-state index in [2.05, 4.69) is 5.32 Å². The second-order valence-corrected chi connectivity index (χ2v) is 6.69. The van der Waals surface area contributed by atoms with Crippen molar-refractivity contribution < 1.29 is 9.59 Å². The molecule has 0 heterocycles. The molecule has 1 aliphatic rings. The van der Waals surface area contributed by atoms with Crippen LogP contribution in [0, 0.1) is 11.8 Å². The molecule has 0 bridgehead atoms.